The molecule has 1 saturated heterocycles. The van der Waals surface area contributed by atoms with Gasteiger partial charge in [0.2, 0.25) is 0 Å². The van der Waals surface area contributed by atoms with Crippen molar-refractivity contribution in [1.82, 2.24) is 14.3 Å². The van der Waals surface area contributed by atoms with Crippen LogP contribution in [0.4, 0.5) is 20.7 Å². The summed E-state index contributed by atoms with van der Waals surface area (Å²) in [5.41, 5.74) is 3.22. The van der Waals surface area contributed by atoms with Crippen molar-refractivity contribution in [1.29, 1.82) is 0 Å². The zero-order chi connectivity index (χ0) is 21.4. The largest absolute Gasteiger partial charge is 0.353 e. The van der Waals surface area contributed by atoms with Crippen molar-refractivity contribution in [2.24, 2.45) is 0 Å². The Morgan fingerprint density at radius 1 is 1.00 bits per heavy atom. The normalized spacial score (nSPS) is 14.8. The number of urea groups is 1. The van der Waals surface area contributed by atoms with Crippen molar-refractivity contribution in [3.8, 4) is 0 Å². The molecule has 2 aromatic heterocycles. The molecule has 0 atom stereocenters. The summed E-state index contributed by atoms with van der Waals surface area (Å²) in [6.45, 7) is 2.66. The van der Waals surface area contributed by atoms with Crippen LogP contribution in [-0.4, -0.2) is 46.5 Å². The summed E-state index contributed by atoms with van der Waals surface area (Å²) in [5, 5.41) is 2.98. The molecule has 0 radical (unpaired) electrons. The van der Waals surface area contributed by atoms with Gasteiger partial charge in [0.1, 0.15) is 5.82 Å². The van der Waals surface area contributed by atoms with Gasteiger partial charge in [-0.05, 0) is 58.7 Å². The Morgan fingerprint density at radius 3 is 2.74 bits per heavy atom. The maximum absolute atomic E-state index is 13.8. The Kier molecular flexibility index (Phi) is 5.23. The number of aromatic nitrogens is 2. The molecule has 2 aromatic carbocycles. The van der Waals surface area contributed by atoms with Crippen LogP contribution in [0, 0.1) is 5.82 Å². The Labute approximate surface area is 187 Å². The van der Waals surface area contributed by atoms with E-state index in [1.165, 1.54) is 12.1 Å². The van der Waals surface area contributed by atoms with E-state index in [9.17, 15) is 9.18 Å². The number of amides is 2. The topological polar surface area (TPSA) is 52.9 Å². The Hall–Kier alpha value is -3.13. The quantitative estimate of drug-likeness (QED) is 0.431. The SMILES string of the molecule is O=C(Nc1ccccc1Br)N1CCCN(c2nc3cc(F)ccc3n3cccc23)CC1. The maximum Gasteiger partial charge on any atom is 0.321 e. The fourth-order valence-electron chi connectivity index (χ4n) is 4.06. The average Bonchev–Trinajstić information content (AvgIpc) is 3.12. The van der Waals surface area contributed by atoms with Gasteiger partial charge >= 0.3 is 6.03 Å². The number of para-hydroxylation sites is 1. The molecular formula is C23H21BrFN5O. The highest BCUT2D eigenvalue weighted by atomic mass is 79.9. The number of nitrogens with zero attached hydrogens (tertiary/aromatic N) is 4. The predicted octanol–water partition coefficient (Wildman–Crippen LogP) is 5.13. The summed E-state index contributed by atoms with van der Waals surface area (Å²) in [6.07, 6.45) is 2.79. The van der Waals surface area contributed by atoms with E-state index in [1.54, 1.807) is 6.07 Å². The fourth-order valence-corrected chi connectivity index (χ4v) is 4.44. The van der Waals surface area contributed by atoms with Crippen LogP contribution < -0.4 is 10.2 Å². The van der Waals surface area contributed by atoms with Crippen LogP contribution in [0.5, 0.6) is 0 Å². The van der Waals surface area contributed by atoms with Crippen molar-refractivity contribution < 1.29 is 9.18 Å². The van der Waals surface area contributed by atoms with Crippen LogP contribution in [0.25, 0.3) is 16.6 Å². The lowest BCUT2D eigenvalue weighted by Gasteiger charge is -2.24. The van der Waals surface area contributed by atoms with Crippen LogP contribution >= 0.6 is 15.9 Å². The lowest BCUT2D eigenvalue weighted by molar-refractivity contribution is 0.215. The summed E-state index contributed by atoms with van der Waals surface area (Å²) >= 11 is 3.47. The summed E-state index contributed by atoms with van der Waals surface area (Å²) in [7, 11) is 0. The first-order chi connectivity index (χ1) is 15.1. The minimum Gasteiger partial charge on any atom is -0.353 e. The summed E-state index contributed by atoms with van der Waals surface area (Å²) < 4.78 is 16.7. The molecule has 158 valence electrons. The Bertz CT molecular complexity index is 1270. The van der Waals surface area contributed by atoms with Crippen molar-refractivity contribution in [3.63, 3.8) is 0 Å². The summed E-state index contributed by atoms with van der Waals surface area (Å²) in [5.74, 6) is 0.513. The molecule has 1 fully saturated rings. The van der Waals surface area contributed by atoms with E-state index in [1.807, 2.05) is 51.9 Å². The number of carbonyl (C=O) groups is 1. The van der Waals surface area contributed by atoms with E-state index in [0.29, 0.717) is 25.2 Å². The average molecular weight is 482 g/mol. The molecule has 1 N–H and O–H groups in total. The van der Waals surface area contributed by atoms with Crippen LogP contribution in [-0.2, 0) is 0 Å². The molecule has 2 amide bonds. The third-order valence-electron chi connectivity index (χ3n) is 5.60. The van der Waals surface area contributed by atoms with Gasteiger partial charge in [0.05, 0.1) is 22.2 Å². The molecule has 4 aromatic rings. The molecule has 0 saturated carbocycles. The van der Waals surface area contributed by atoms with Gasteiger partial charge in [-0.15, -0.1) is 0 Å². The van der Waals surface area contributed by atoms with Gasteiger partial charge in [-0.25, -0.2) is 14.2 Å². The minimum absolute atomic E-state index is 0.116. The van der Waals surface area contributed by atoms with Crippen LogP contribution in [0.1, 0.15) is 6.42 Å². The molecule has 0 spiro atoms. The second-order valence-corrected chi connectivity index (χ2v) is 8.42. The first-order valence-corrected chi connectivity index (χ1v) is 11.0. The molecule has 6 nitrogen and oxygen atoms in total. The van der Waals surface area contributed by atoms with Crippen molar-refractivity contribution in [2.45, 2.75) is 6.42 Å². The molecule has 0 aliphatic carbocycles. The van der Waals surface area contributed by atoms with E-state index in [-0.39, 0.29) is 11.8 Å². The van der Waals surface area contributed by atoms with E-state index in [2.05, 4.69) is 26.1 Å². The summed E-state index contributed by atoms with van der Waals surface area (Å²) in [6, 6.07) is 16.1. The molecule has 3 heterocycles. The molecule has 8 heteroatoms. The monoisotopic (exact) mass is 481 g/mol. The number of anilines is 2. The third-order valence-corrected chi connectivity index (χ3v) is 6.29. The van der Waals surface area contributed by atoms with Gasteiger partial charge in [0.25, 0.3) is 0 Å². The van der Waals surface area contributed by atoms with E-state index >= 15 is 0 Å². The van der Waals surface area contributed by atoms with Gasteiger partial charge in [0, 0.05) is 42.9 Å². The molecule has 0 bridgehead atoms. The van der Waals surface area contributed by atoms with E-state index in [0.717, 1.165) is 40.0 Å². The number of halogens is 2. The van der Waals surface area contributed by atoms with Gasteiger partial charge < -0.3 is 19.5 Å². The minimum atomic E-state index is -0.303. The van der Waals surface area contributed by atoms with Crippen LogP contribution in [0.15, 0.2) is 65.3 Å². The number of carbonyl (C=O) groups excluding carboxylic acids is 1. The lowest BCUT2D eigenvalue weighted by atomic mass is 10.2. The van der Waals surface area contributed by atoms with E-state index < -0.39 is 0 Å². The first kappa shape index (κ1) is 19.8. The second-order valence-electron chi connectivity index (χ2n) is 7.57. The lowest BCUT2D eigenvalue weighted by Crippen LogP contribution is -2.38. The smallest absolute Gasteiger partial charge is 0.321 e. The highest BCUT2D eigenvalue weighted by molar-refractivity contribution is 9.10. The number of nitrogens with one attached hydrogen (secondary N) is 1. The highest BCUT2D eigenvalue weighted by Gasteiger charge is 2.22. The Balaban J connectivity index is 1.39. The Morgan fingerprint density at radius 2 is 1.87 bits per heavy atom. The molecule has 1 aliphatic heterocycles. The van der Waals surface area contributed by atoms with Crippen molar-refractivity contribution in [2.75, 3.05) is 36.4 Å². The molecule has 5 rings (SSSR count). The second kappa shape index (κ2) is 8.19. The molecule has 31 heavy (non-hydrogen) atoms. The maximum atomic E-state index is 13.8. The number of hydrogen-bond donors (Lipinski definition) is 1. The van der Waals surface area contributed by atoms with Crippen LogP contribution in [0.2, 0.25) is 0 Å². The first-order valence-electron chi connectivity index (χ1n) is 10.2. The third kappa shape index (κ3) is 3.83. The number of benzene rings is 2. The highest BCUT2D eigenvalue weighted by Crippen LogP contribution is 2.27. The van der Waals surface area contributed by atoms with Gasteiger partial charge in [-0.3, -0.25) is 0 Å². The predicted molar refractivity (Wildman–Crippen MR) is 124 cm³/mol. The standard InChI is InChI=1S/C23H21BrFN5O/c24-17-5-1-2-6-18(17)27-23(31)29-11-4-10-28(13-14-29)22-21-7-3-12-30(21)20-9-8-16(25)15-19(20)26-22/h1-3,5-9,12,15H,4,10-11,13-14H2,(H,27,31). The van der Waals surface area contributed by atoms with Crippen LogP contribution in [0.3, 0.4) is 0 Å². The zero-order valence-corrected chi connectivity index (χ0v) is 18.3. The number of hydrogen-bond acceptors (Lipinski definition) is 3. The zero-order valence-electron chi connectivity index (χ0n) is 16.8. The number of rotatable bonds is 2. The van der Waals surface area contributed by atoms with Gasteiger partial charge in [-0.1, -0.05) is 12.1 Å². The molecule has 0 unspecified atom stereocenters. The van der Waals surface area contributed by atoms with Gasteiger partial charge in [-0.2, -0.15) is 0 Å². The van der Waals surface area contributed by atoms with E-state index in [4.69, 9.17) is 4.98 Å². The molecular weight excluding hydrogens is 461 g/mol. The van der Waals surface area contributed by atoms with Gasteiger partial charge in [0.15, 0.2) is 5.82 Å². The fraction of sp³-hybridized carbons (Fsp3) is 0.217. The van der Waals surface area contributed by atoms with Crippen molar-refractivity contribution in [3.05, 3.63) is 71.1 Å². The molecule has 1 aliphatic rings. The summed E-state index contributed by atoms with van der Waals surface area (Å²) in [4.78, 5) is 21.6. The number of fused-ring (bicyclic) bond motifs is 3. The van der Waals surface area contributed by atoms with Crippen molar-refractivity contribution >= 4 is 50.0 Å².